The van der Waals surface area contributed by atoms with Crippen LogP contribution in [0.1, 0.15) is 28.9 Å². The molecular formula is C13H18N4O3. The van der Waals surface area contributed by atoms with E-state index >= 15 is 0 Å². The second-order valence-electron chi connectivity index (χ2n) is 4.84. The van der Waals surface area contributed by atoms with Crippen LogP contribution < -0.4 is 11.1 Å². The van der Waals surface area contributed by atoms with Crippen LogP contribution in [0.3, 0.4) is 0 Å². The molecule has 20 heavy (non-hydrogen) atoms. The second kappa shape index (κ2) is 6.33. The summed E-state index contributed by atoms with van der Waals surface area (Å²) in [6, 6.07) is 3.12. The molecule has 0 atom stereocenters. The van der Waals surface area contributed by atoms with Gasteiger partial charge in [0.1, 0.15) is 5.69 Å². The molecule has 1 aliphatic heterocycles. The molecule has 1 aromatic heterocycles. The summed E-state index contributed by atoms with van der Waals surface area (Å²) < 4.78 is 0. The molecule has 0 aliphatic carbocycles. The zero-order valence-corrected chi connectivity index (χ0v) is 11.1. The molecule has 4 N–H and O–H groups in total. The van der Waals surface area contributed by atoms with Gasteiger partial charge in [0.15, 0.2) is 0 Å². The minimum Gasteiger partial charge on any atom is -0.477 e. The first kappa shape index (κ1) is 14.3. The molecule has 1 aliphatic rings. The van der Waals surface area contributed by atoms with E-state index in [-0.39, 0.29) is 17.8 Å². The fourth-order valence-corrected chi connectivity index (χ4v) is 2.05. The Kier molecular flexibility index (Phi) is 4.52. The highest BCUT2D eigenvalue weighted by Crippen LogP contribution is 2.08. The number of hydrogen-bond donors (Lipinski definition) is 3. The zero-order chi connectivity index (χ0) is 14.5. The smallest absolute Gasteiger partial charge is 0.354 e. The standard InChI is InChI=1S/C13H18N4O3/c14-10-3-5-17(6-4-10)13(20)16-8-9-1-2-11(12(18)19)15-7-9/h1-2,7,10H,3-6,8,14H2,(H,16,20)(H,18,19). The average molecular weight is 278 g/mol. The molecule has 1 fully saturated rings. The molecule has 7 nitrogen and oxygen atoms in total. The largest absolute Gasteiger partial charge is 0.477 e. The number of amides is 2. The number of carbonyl (C=O) groups excluding carboxylic acids is 1. The molecule has 0 unspecified atom stereocenters. The first-order chi connectivity index (χ1) is 9.56. The topological polar surface area (TPSA) is 109 Å². The van der Waals surface area contributed by atoms with E-state index in [1.165, 1.54) is 12.3 Å². The third-order valence-corrected chi connectivity index (χ3v) is 3.31. The van der Waals surface area contributed by atoms with Crippen molar-refractivity contribution < 1.29 is 14.7 Å². The number of urea groups is 1. The molecular weight excluding hydrogens is 260 g/mol. The number of aromatic carboxylic acids is 1. The molecule has 108 valence electrons. The lowest BCUT2D eigenvalue weighted by Crippen LogP contribution is -2.47. The van der Waals surface area contributed by atoms with Gasteiger partial charge in [0.25, 0.3) is 0 Å². The summed E-state index contributed by atoms with van der Waals surface area (Å²) >= 11 is 0. The molecule has 0 radical (unpaired) electrons. The van der Waals surface area contributed by atoms with Crippen molar-refractivity contribution in [1.29, 1.82) is 0 Å². The van der Waals surface area contributed by atoms with Gasteiger partial charge in [-0.25, -0.2) is 14.6 Å². The van der Waals surface area contributed by atoms with Crippen LogP contribution in [0.5, 0.6) is 0 Å². The summed E-state index contributed by atoms with van der Waals surface area (Å²) in [4.78, 5) is 28.1. The molecule has 2 rings (SSSR count). The van der Waals surface area contributed by atoms with Crippen molar-refractivity contribution in [2.24, 2.45) is 5.73 Å². The maximum atomic E-state index is 11.9. The third-order valence-electron chi connectivity index (χ3n) is 3.31. The Morgan fingerprint density at radius 1 is 1.40 bits per heavy atom. The lowest BCUT2D eigenvalue weighted by Gasteiger charge is -2.30. The Bertz CT molecular complexity index is 481. The first-order valence-electron chi connectivity index (χ1n) is 6.53. The van der Waals surface area contributed by atoms with Crippen LogP contribution in [0.15, 0.2) is 18.3 Å². The van der Waals surface area contributed by atoms with Crippen molar-refractivity contribution in [2.45, 2.75) is 25.4 Å². The van der Waals surface area contributed by atoms with Gasteiger partial charge in [-0.1, -0.05) is 6.07 Å². The van der Waals surface area contributed by atoms with Crippen LogP contribution in [0.2, 0.25) is 0 Å². The highest BCUT2D eigenvalue weighted by Gasteiger charge is 2.20. The van der Waals surface area contributed by atoms with Gasteiger partial charge >= 0.3 is 12.0 Å². The Balaban J connectivity index is 1.82. The van der Waals surface area contributed by atoms with Crippen molar-refractivity contribution in [2.75, 3.05) is 13.1 Å². The molecule has 2 heterocycles. The van der Waals surface area contributed by atoms with Crippen molar-refractivity contribution in [1.82, 2.24) is 15.2 Å². The van der Waals surface area contributed by atoms with Gasteiger partial charge in [0.2, 0.25) is 0 Å². The van der Waals surface area contributed by atoms with Crippen molar-refractivity contribution in [3.63, 3.8) is 0 Å². The molecule has 7 heteroatoms. The molecule has 2 amide bonds. The molecule has 0 aromatic carbocycles. The van der Waals surface area contributed by atoms with E-state index in [0.29, 0.717) is 19.6 Å². The summed E-state index contributed by atoms with van der Waals surface area (Å²) in [6.07, 6.45) is 3.10. The number of carbonyl (C=O) groups is 2. The lowest BCUT2D eigenvalue weighted by atomic mass is 10.1. The number of rotatable bonds is 3. The van der Waals surface area contributed by atoms with E-state index in [1.54, 1.807) is 11.0 Å². The number of aromatic nitrogens is 1. The van der Waals surface area contributed by atoms with Gasteiger partial charge in [-0.15, -0.1) is 0 Å². The van der Waals surface area contributed by atoms with Gasteiger partial charge in [-0.05, 0) is 24.5 Å². The van der Waals surface area contributed by atoms with E-state index < -0.39 is 5.97 Å². The number of pyridine rings is 1. The normalized spacial score (nSPS) is 15.9. The van der Waals surface area contributed by atoms with E-state index in [1.807, 2.05) is 0 Å². The zero-order valence-electron chi connectivity index (χ0n) is 11.1. The minimum absolute atomic E-state index is 0.00917. The Hall–Kier alpha value is -2.15. The summed E-state index contributed by atoms with van der Waals surface area (Å²) in [5.41, 5.74) is 6.54. The average Bonchev–Trinajstić information content (AvgIpc) is 2.46. The van der Waals surface area contributed by atoms with Crippen LogP contribution in [0.4, 0.5) is 4.79 Å². The number of carboxylic acid groups (broad SMARTS) is 1. The fraction of sp³-hybridized carbons (Fsp3) is 0.462. The van der Waals surface area contributed by atoms with Crippen LogP contribution in [0, 0.1) is 0 Å². The van der Waals surface area contributed by atoms with Gasteiger partial charge in [0.05, 0.1) is 0 Å². The SMILES string of the molecule is NC1CCN(C(=O)NCc2ccc(C(=O)O)nc2)CC1. The number of carboxylic acids is 1. The van der Waals surface area contributed by atoms with Gasteiger partial charge in [-0.3, -0.25) is 0 Å². The van der Waals surface area contributed by atoms with Gasteiger partial charge in [-0.2, -0.15) is 0 Å². The number of nitrogens with two attached hydrogens (primary N) is 1. The number of likely N-dealkylation sites (tertiary alicyclic amines) is 1. The highest BCUT2D eigenvalue weighted by atomic mass is 16.4. The number of hydrogen-bond acceptors (Lipinski definition) is 4. The molecule has 0 bridgehead atoms. The predicted octanol–water partition coefficient (Wildman–Crippen LogP) is 0.413. The van der Waals surface area contributed by atoms with Gasteiger partial charge < -0.3 is 21.1 Å². The maximum Gasteiger partial charge on any atom is 0.354 e. The van der Waals surface area contributed by atoms with E-state index in [2.05, 4.69) is 10.3 Å². The predicted molar refractivity (Wildman–Crippen MR) is 72.2 cm³/mol. The van der Waals surface area contributed by atoms with Gasteiger partial charge in [0, 0.05) is 31.9 Å². The molecule has 0 saturated carbocycles. The summed E-state index contributed by atoms with van der Waals surface area (Å²) in [7, 11) is 0. The Morgan fingerprint density at radius 2 is 2.10 bits per heavy atom. The number of nitrogens with zero attached hydrogens (tertiary/aromatic N) is 2. The summed E-state index contributed by atoms with van der Waals surface area (Å²) in [6.45, 7) is 1.67. The quantitative estimate of drug-likeness (QED) is 0.742. The monoisotopic (exact) mass is 278 g/mol. The van der Waals surface area contributed by atoms with Crippen LogP contribution >= 0.6 is 0 Å². The number of piperidine rings is 1. The highest BCUT2D eigenvalue weighted by molar-refractivity contribution is 5.85. The lowest BCUT2D eigenvalue weighted by molar-refractivity contribution is 0.0690. The first-order valence-corrected chi connectivity index (χ1v) is 6.53. The third kappa shape index (κ3) is 3.67. The second-order valence-corrected chi connectivity index (χ2v) is 4.84. The molecule has 1 aromatic rings. The summed E-state index contributed by atoms with van der Waals surface area (Å²) in [5.74, 6) is -1.06. The Morgan fingerprint density at radius 3 is 2.65 bits per heavy atom. The number of nitrogens with one attached hydrogen (secondary N) is 1. The van der Waals surface area contributed by atoms with Crippen molar-refractivity contribution in [3.05, 3.63) is 29.6 Å². The van der Waals surface area contributed by atoms with E-state index in [9.17, 15) is 9.59 Å². The van der Waals surface area contributed by atoms with Crippen LogP contribution in [-0.4, -0.2) is 46.1 Å². The van der Waals surface area contributed by atoms with Crippen LogP contribution in [-0.2, 0) is 6.54 Å². The Labute approximate surface area is 116 Å². The van der Waals surface area contributed by atoms with Crippen molar-refractivity contribution in [3.8, 4) is 0 Å². The fourth-order valence-electron chi connectivity index (χ4n) is 2.05. The molecule has 1 saturated heterocycles. The maximum absolute atomic E-state index is 11.9. The van der Waals surface area contributed by atoms with Crippen LogP contribution in [0.25, 0.3) is 0 Å². The minimum atomic E-state index is -1.06. The van der Waals surface area contributed by atoms with Crippen molar-refractivity contribution >= 4 is 12.0 Å². The summed E-state index contributed by atoms with van der Waals surface area (Å²) in [5, 5.41) is 11.5. The van der Waals surface area contributed by atoms with E-state index in [4.69, 9.17) is 10.8 Å². The molecule has 0 spiro atoms. The van der Waals surface area contributed by atoms with E-state index in [0.717, 1.165) is 18.4 Å².